The number of hydrogen-bond donors (Lipinski definition) is 0. The van der Waals surface area contributed by atoms with E-state index in [1.54, 1.807) is 28.0 Å². The Morgan fingerprint density at radius 3 is 2.12 bits per heavy atom. The van der Waals surface area contributed by atoms with Crippen LogP contribution < -0.4 is 4.90 Å². The molecule has 0 saturated carbocycles. The van der Waals surface area contributed by atoms with Crippen molar-refractivity contribution in [1.82, 2.24) is 9.80 Å². The number of piperazine rings is 1. The van der Waals surface area contributed by atoms with Crippen molar-refractivity contribution in [2.45, 2.75) is 0 Å². The third-order valence-corrected chi connectivity index (χ3v) is 4.57. The molecule has 3 rings (SSSR count). The highest BCUT2D eigenvalue weighted by atomic mass is 19.1. The Hall–Kier alpha value is -2.89. The van der Waals surface area contributed by atoms with Crippen molar-refractivity contribution in [2.24, 2.45) is 0 Å². The molecule has 0 aromatic heterocycles. The van der Waals surface area contributed by atoms with Crippen LogP contribution in [0.4, 0.5) is 10.1 Å². The topological polar surface area (TPSA) is 43.9 Å². The molecule has 6 heteroatoms. The number of amides is 2. The molecule has 1 aliphatic heterocycles. The highest BCUT2D eigenvalue weighted by Gasteiger charge is 2.26. The van der Waals surface area contributed by atoms with Crippen LogP contribution in [0.1, 0.15) is 20.7 Å². The lowest BCUT2D eigenvalue weighted by Gasteiger charge is -2.35. The van der Waals surface area contributed by atoms with E-state index in [2.05, 4.69) is 0 Å². The van der Waals surface area contributed by atoms with Gasteiger partial charge in [0.2, 0.25) is 0 Å². The molecule has 1 aliphatic rings. The van der Waals surface area contributed by atoms with Crippen molar-refractivity contribution in [3.05, 3.63) is 65.5 Å². The van der Waals surface area contributed by atoms with E-state index >= 15 is 0 Å². The lowest BCUT2D eigenvalue weighted by molar-refractivity contribution is 0.0533. The van der Waals surface area contributed by atoms with Crippen LogP contribution in [0.15, 0.2) is 48.5 Å². The van der Waals surface area contributed by atoms with Crippen molar-refractivity contribution in [3.8, 4) is 0 Å². The van der Waals surface area contributed by atoms with Crippen LogP contribution in [0.25, 0.3) is 0 Å². The van der Waals surface area contributed by atoms with Crippen molar-refractivity contribution in [3.63, 3.8) is 0 Å². The summed E-state index contributed by atoms with van der Waals surface area (Å²) in [6, 6.07) is 13.4. The zero-order chi connectivity index (χ0) is 18.7. The molecule has 1 heterocycles. The van der Waals surface area contributed by atoms with Gasteiger partial charge in [0.25, 0.3) is 11.8 Å². The summed E-state index contributed by atoms with van der Waals surface area (Å²) in [6.45, 7) is 1.66. The Bertz CT molecular complexity index is 814. The first-order valence-corrected chi connectivity index (χ1v) is 8.58. The molecule has 1 saturated heterocycles. The zero-order valence-corrected chi connectivity index (χ0v) is 15.0. The predicted molar refractivity (Wildman–Crippen MR) is 99.0 cm³/mol. The summed E-state index contributed by atoms with van der Waals surface area (Å²) in [4.78, 5) is 30.5. The van der Waals surface area contributed by atoms with E-state index in [0.29, 0.717) is 31.7 Å². The Morgan fingerprint density at radius 2 is 1.50 bits per heavy atom. The second-order valence-corrected chi connectivity index (χ2v) is 6.51. The lowest BCUT2D eigenvalue weighted by Crippen LogP contribution is -2.50. The molecule has 2 amide bonds. The van der Waals surface area contributed by atoms with Gasteiger partial charge in [0.05, 0.1) is 5.56 Å². The van der Waals surface area contributed by atoms with Crippen LogP contribution in [-0.2, 0) is 0 Å². The average Bonchev–Trinajstić information content (AvgIpc) is 2.67. The molecular weight excluding hydrogens is 333 g/mol. The molecule has 0 spiro atoms. The number of carbonyl (C=O) groups is 2. The quantitative estimate of drug-likeness (QED) is 0.850. The molecule has 0 N–H and O–H groups in total. The first-order valence-electron chi connectivity index (χ1n) is 8.58. The second-order valence-electron chi connectivity index (χ2n) is 6.51. The van der Waals surface area contributed by atoms with E-state index < -0.39 is 5.82 Å². The standard InChI is InChI=1S/C20H22FN3O2/c1-22(2)16-7-5-6-15(14-16)19(25)23-10-12-24(13-11-23)20(26)17-8-3-4-9-18(17)21/h3-9,14H,10-13H2,1-2H3. The number of anilines is 1. The first kappa shape index (κ1) is 17.9. The van der Waals surface area contributed by atoms with Crippen LogP contribution in [0.5, 0.6) is 0 Å². The highest BCUT2D eigenvalue weighted by Crippen LogP contribution is 2.17. The fraction of sp³-hybridized carbons (Fsp3) is 0.300. The summed E-state index contributed by atoms with van der Waals surface area (Å²) < 4.78 is 13.8. The molecule has 2 aromatic rings. The summed E-state index contributed by atoms with van der Waals surface area (Å²) in [5, 5.41) is 0. The molecule has 136 valence electrons. The Morgan fingerprint density at radius 1 is 0.885 bits per heavy atom. The molecule has 0 radical (unpaired) electrons. The Balaban J connectivity index is 1.65. The summed E-state index contributed by atoms with van der Waals surface area (Å²) in [5.41, 5.74) is 1.67. The SMILES string of the molecule is CN(C)c1cccc(C(=O)N2CCN(C(=O)c3ccccc3F)CC2)c1. The lowest BCUT2D eigenvalue weighted by atomic mass is 10.1. The minimum absolute atomic E-state index is 0.0494. The van der Waals surface area contributed by atoms with E-state index in [-0.39, 0.29) is 17.4 Å². The highest BCUT2D eigenvalue weighted by molar-refractivity contribution is 5.96. The van der Waals surface area contributed by atoms with Crippen LogP contribution in [0.2, 0.25) is 0 Å². The third kappa shape index (κ3) is 3.69. The summed E-state index contributed by atoms with van der Waals surface area (Å²) in [6.07, 6.45) is 0. The van der Waals surface area contributed by atoms with Crippen LogP contribution in [0, 0.1) is 5.82 Å². The molecule has 5 nitrogen and oxygen atoms in total. The fourth-order valence-corrected chi connectivity index (χ4v) is 3.02. The van der Waals surface area contributed by atoms with Gasteiger partial charge in [-0.1, -0.05) is 18.2 Å². The van der Waals surface area contributed by atoms with Gasteiger partial charge in [0, 0.05) is 51.5 Å². The number of rotatable bonds is 3. The van der Waals surface area contributed by atoms with Crippen LogP contribution in [-0.4, -0.2) is 61.9 Å². The Labute approximate surface area is 152 Å². The van der Waals surface area contributed by atoms with Crippen molar-refractivity contribution in [1.29, 1.82) is 0 Å². The zero-order valence-electron chi connectivity index (χ0n) is 15.0. The fourth-order valence-electron chi connectivity index (χ4n) is 3.02. The predicted octanol–water partition coefficient (Wildman–Crippen LogP) is 2.49. The molecule has 2 aromatic carbocycles. The molecule has 0 atom stereocenters. The minimum atomic E-state index is -0.517. The molecule has 0 unspecified atom stereocenters. The number of carbonyl (C=O) groups excluding carboxylic acids is 2. The van der Waals surface area contributed by atoms with Gasteiger partial charge in [-0.2, -0.15) is 0 Å². The summed E-state index contributed by atoms with van der Waals surface area (Å²) >= 11 is 0. The van der Waals surface area contributed by atoms with Gasteiger partial charge >= 0.3 is 0 Å². The van der Waals surface area contributed by atoms with Gasteiger partial charge in [0.15, 0.2) is 0 Å². The van der Waals surface area contributed by atoms with Gasteiger partial charge in [-0.15, -0.1) is 0 Å². The largest absolute Gasteiger partial charge is 0.378 e. The molecule has 1 fully saturated rings. The minimum Gasteiger partial charge on any atom is -0.378 e. The van der Waals surface area contributed by atoms with E-state index in [1.807, 2.05) is 37.2 Å². The number of halogens is 1. The van der Waals surface area contributed by atoms with Crippen LogP contribution >= 0.6 is 0 Å². The molecular formula is C20H22FN3O2. The Kier molecular flexibility index (Phi) is 5.21. The normalized spacial score (nSPS) is 14.3. The molecule has 0 bridgehead atoms. The van der Waals surface area contributed by atoms with Gasteiger partial charge in [-0.25, -0.2) is 4.39 Å². The summed E-state index contributed by atoms with van der Waals surface area (Å²) in [5.74, 6) is -0.895. The van der Waals surface area contributed by atoms with E-state index in [4.69, 9.17) is 0 Å². The van der Waals surface area contributed by atoms with E-state index in [1.165, 1.54) is 12.1 Å². The van der Waals surface area contributed by atoms with Crippen molar-refractivity contribution < 1.29 is 14.0 Å². The number of benzene rings is 2. The first-order chi connectivity index (χ1) is 12.5. The molecule has 0 aliphatic carbocycles. The smallest absolute Gasteiger partial charge is 0.256 e. The maximum absolute atomic E-state index is 13.8. The molecule has 26 heavy (non-hydrogen) atoms. The monoisotopic (exact) mass is 355 g/mol. The number of hydrogen-bond acceptors (Lipinski definition) is 3. The van der Waals surface area contributed by atoms with E-state index in [0.717, 1.165) is 5.69 Å². The summed E-state index contributed by atoms with van der Waals surface area (Å²) in [7, 11) is 3.85. The van der Waals surface area contributed by atoms with Crippen molar-refractivity contribution in [2.75, 3.05) is 45.2 Å². The van der Waals surface area contributed by atoms with E-state index in [9.17, 15) is 14.0 Å². The van der Waals surface area contributed by atoms with Crippen LogP contribution in [0.3, 0.4) is 0 Å². The average molecular weight is 355 g/mol. The maximum Gasteiger partial charge on any atom is 0.256 e. The number of nitrogens with zero attached hydrogens (tertiary/aromatic N) is 3. The maximum atomic E-state index is 13.8. The van der Waals surface area contributed by atoms with Gasteiger partial charge in [-0.05, 0) is 30.3 Å². The van der Waals surface area contributed by atoms with Crippen molar-refractivity contribution >= 4 is 17.5 Å². The van der Waals surface area contributed by atoms with Gasteiger partial charge in [0.1, 0.15) is 5.82 Å². The van der Waals surface area contributed by atoms with Gasteiger partial charge in [-0.3, -0.25) is 9.59 Å². The third-order valence-electron chi connectivity index (χ3n) is 4.57. The van der Waals surface area contributed by atoms with Gasteiger partial charge < -0.3 is 14.7 Å². The second kappa shape index (κ2) is 7.56.